The Balaban J connectivity index is 2.03. The third kappa shape index (κ3) is 4.91. The summed E-state index contributed by atoms with van der Waals surface area (Å²) in [7, 11) is -3.72. The Hall–Kier alpha value is -0.820. The molecular weight excluding hydrogens is 395 g/mol. The quantitative estimate of drug-likeness (QED) is 0.757. The molecule has 0 aromatic heterocycles. The van der Waals surface area contributed by atoms with Crippen molar-refractivity contribution in [2.24, 2.45) is 11.8 Å². The van der Waals surface area contributed by atoms with E-state index in [1.165, 1.54) is 16.4 Å². The van der Waals surface area contributed by atoms with E-state index in [9.17, 15) is 13.2 Å². The van der Waals surface area contributed by atoms with Gasteiger partial charge in [-0.15, -0.1) is 0 Å². The number of piperidine rings is 1. The first kappa shape index (κ1) is 21.5. The molecular formula is C18H26Cl2N2O3S. The fourth-order valence-electron chi connectivity index (χ4n) is 3.21. The van der Waals surface area contributed by atoms with Crippen LogP contribution in [0.3, 0.4) is 0 Å². The summed E-state index contributed by atoms with van der Waals surface area (Å²) in [5, 5.41) is 3.56. The van der Waals surface area contributed by atoms with Crippen LogP contribution in [0, 0.1) is 11.8 Å². The monoisotopic (exact) mass is 420 g/mol. The molecule has 1 aliphatic heterocycles. The molecule has 0 bridgehead atoms. The zero-order valence-electron chi connectivity index (χ0n) is 15.3. The smallest absolute Gasteiger partial charge is 0.244 e. The maximum atomic E-state index is 12.8. The van der Waals surface area contributed by atoms with Crippen LogP contribution in [0.4, 0.5) is 0 Å². The van der Waals surface area contributed by atoms with Crippen LogP contribution < -0.4 is 5.32 Å². The zero-order valence-corrected chi connectivity index (χ0v) is 17.7. The molecule has 1 unspecified atom stereocenters. The van der Waals surface area contributed by atoms with Crippen molar-refractivity contribution in [2.75, 3.05) is 13.1 Å². The predicted octanol–water partition coefficient (Wildman–Crippen LogP) is 3.94. The molecule has 0 spiro atoms. The van der Waals surface area contributed by atoms with Crippen molar-refractivity contribution in [3.63, 3.8) is 0 Å². The molecule has 1 N–H and O–H groups in total. The number of amides is 1. The first-order valence-corrected chi connectivity index (χ1v) is 11.1. The molecule has 1 heterocycles. The van der Waals surface area contributed by atoms with Crippen molar-refractivity contribution in [1.82, 2.24) is 9.62 Å². The van der Waals surface area contributed by atoms with Crippen LogP contribution in [-0.4, -0.2) is 37.8 Å². The number of carbonyl (C=O) groups is 1. The number of nitrogens with one attached hydrogen (secondary N) is 1. The van der Waals surface area contributed by atoms with Gasteiger partial charge in [0.15, 0.2) is 0 Å². The third-order valence-electron chi connectivity index (χ3n) is 4.91. The summed E-state index contributed by atoms with van der Waals surface area (Å²) in [6.07, 6.45) is 1.87. The number of hydrogen-bond donors (Lipinski definition) is 1. The number of halogens is 2. The summed E-state index contributed by atoms with van der Waals surface area (Å²) in [6, 6.07) is 4.55. The van der Waals surface area contributed by atoms with Crippen molar-refractivity contribution in [2.45, 2.75) is 51.0 Å². The largest absolute Gasteiger partial charge is 0.353 e. The maximum Gasteiger partial charge on any atom is 0.244 e. The Kier molecular flexibility index (Phi) is 7.36. The van der Waals surface area contributed by atoms with Crippen LogP contribution >= 0.6 is 23.2 Å². The van der Waals surface area contributed by atoms with Crippen LogP contribution in [0.2, 0.25) is 10.0 Å². The third-order valence-corrected chi connectivity index (χ3v) is 7.52. The molecule has 1 fully saturated rings. The Morgan fingerprint density at radius 2 is 1.88 bits per heavy atom. The Labute approximate surface area is 166 Å². The van der Waals surface area contributed by atoms with Crippen molar-refractivity contribution in [3.05, 3.63) is 28.2 Å². The van der Waals surface area contributed by atoms with Gasteiger partial charge in [0.2, 0.25) is 15.9 Å². The lowest BCUT2D eigenvalue weighted by Gasteiger charge is -2.32. The van der Waals surface area contributed by atoms with E-state index >= 15 is 0 Å². The molecule has 1 saturated heterocycles. The van der Waals surface area contributed by atoms with E-state index in [1.807, 2.05) is 0 Å². The first-order chi connectivity index (χ1) is 12.2. The number of benzene rings is 1. The van der Waals surface area contributed by atoms with Crippen molar-refractivity contribution in [3.8, 4) is 0 Å². The van der Waals surface area contributed by atoms with Crippen LogP contribution in [0.25, 0.3) is 0 Å². The second kappa shape index (κ2) is 8.91. The fourth-order valence-corrected chi connectivity index (χ4v) is 5.42. The second-order valence-corrected chi connectivity index (χ2v) is 9.77. The lowest BCUT2D eigenvalue weighted by Crippen LogP contribution is -2.46. The minimum absolute atomic E-state index is 0.0143. The van der Waals surface area contributed by atoms with Crippen molar-refractivity contribution >= 4 is 39.1 Å². The zero-order chi connectivity index (χ0) is 19.5. The standard InChI is InChI=1S/C18H26Cl2N2O3S/c1-4-16(12(2)3)21-18(23)13-7-9-22(10-8-13)26(24,25)17-11-14(19)5-6-15(17)20/h5-6,11-13,16H,4,7-10H2,1-3H3,(H,21,23). The summed E-state index contributed by atoms with van der Waals surface area (Å²) in [5.74, 6) is 0.224. The van der Waals surface area contributed by atoms with Gasteiger partial charge in [0.25, 0.3) is 0 Å². The average molecular weight is 421 g/mol. The molecule has 2 rings (SSSR count). The van der Waals surface area contributed by atoms with E-state index in [0.717, 1.165) is 6.42 Å². The van der Waals surface area contributed by atoms with Gasteiger partial charge in [-0.3, -0.25) is 4.79 Å². The first-order valence-electron chi connectivity index (χ1n) is 8.92. The van der Waals surface area contributed by atoms with E-state index < -0.39 is 10.0 Å². The summed E-state index contributed by atoms with van der Waals surface area (Å²) in [4.78, 5) is 12.5. The molecule has 146 valence electrons. The second-order valence-electron chi connectivity index (χ2n) is 7.02. The number of nitrogens with zero attached hydrogens (tertiary/aromatic N) is 1. The molecule has 8 heteroatoms. The molecule has 1 atom stereocenters. The van der Waals surface area contributed by atoms with Gasteiger partial charge in [0.1, 0.15) is 4.90 Å². The number of rotatable bonds is 6. The van der Waals surface area contributed by atoms with Crippen LogP contribution in [-0.2, 0) is 14.8 Å². The van der Waals surface area contributed by atoms with Crippen LogP contribution in [0.5, 0.6) is 0 Å². The van der Waals surface area contributed by atoms with Gasteiger partial charge >= 0.3 is 0 Å². The van der Waals surface area contributed by atoms with E-state index in [4.69, 9.17) is 23.2 Å². The van der Waals surface area contributed by atoms with E-state index in [2.05, 4.69) is 26.1 Å². The normalized spacial score (nSPS) is 18.1. The van der Waals surface area contributed by atoms with Crippen LogP contribution in [0.15, 0.2) is 23.1 Å². The summed E-state index contributed by atoms with van der Waals surface area (Å²) in [6.45, 7) is 6.80. The van der Waals surface area contributed by atoms with Crippen molar-refractivity contribution in [1.29, 1.82) is 0 Å². The predicted molar refractivity (Wildman–Crippen MR) is 105 cm³/mol. The molecule has 5 nitrogen and oxygen atoms in total. The van der Waals surface area contributed by atoms with Crippen molar-refractivity contribution < 1.29 is 13.2 Å². The Bertz CT molecular complexity index is 745. The molecule has 0 aliphatic carbocycles. The lowest BCUT2D eigenvalue weighted by atomic mass is 9.95. The molecule has 26 heavy (non-hydrogen) atoms. The van der Waals surface area contributed by atoms with Gasteiger partial charge in [0.05, 0.1) is 5.02 Å². The SMILES string of the molecule is CCC(NC(=O)C1CCN(S(=O)(=O)c2cc(Cl)ccc2Cl)CC1)C(C)C. The average Bonchev–Trinajstić information content (AvgIpc) is 2.61. The lowest BCUT2D eigenvalue weighted by molar-refractivity contribution is -0.127. The van der Waals surface area contributed by atoms with E-state index in [1.54, 1.807) is 6.07 Å². The van der Waals surface area contributed by atoms with Gasteiger partial charge in [0, 0.05) is 30.1 Å². The molecule has 0 radical (unpaired) electrons. The summed E-state index contributed by atoms with van der Waals surface area (Å²) >= 11 is 12.0. The number of carbonyl (C=O) groups excluding carboxylic acids is 1. The molecule has 1 aromatic carbocycles. The van der Waals surface area contributed by atoms with Gasteiger partial charge in [-0.1, -0.05) is 44.0 Å². The Morgan fingerprint density at radius 1 is 1.27 bits per heavy atom. The summed E-state index contributed by atoms with van der Waals surface area (Å²) in [5.41, 5.74) is 0. The molecule has 1 aliphatic rings. The van der Waals surface area contributed by atoms with Gasteiger partial charge in [-0.2, -0.15) is 4.31 Å². The minimum atomic E-state index is -3.72. The highest BCUT2D eigenvalue weighted by atomic mass is 35.5. The molecule has 0 saturated carbocycles. The summed E-state index contributed by atoms with van der Waals surface area (Å²) < 4.78 is 27.0. The number of hydrogen-bond acceptors (Lipinski definition) is 3. The molecule has 1 amide bonds. The van der Waals surface area contributed by atoms with Crippen LogP contribution in [0.1, 0.15) is 40.0 Å². The van der Waals surface area contributed by atoms with E-state index in [-0.39, 0.29) is 27.8 Å². The highest BCUT2D eigenvalue weighted by Crippen LogP contribution is 2.30. The topological polar surface area (TPSA) is 66.5 Å². The van der Waals surface area contributed by atoms with E-state index in [0.29, 0.717) is 36.9 Å². The highest BCUT2D eigenvalue weighted by molar-refractivity contribution is 7.89. The Morgan fingerprint density at radius 3 is 2.42 bits per heavy atom. The van der Waals surface area contributed by atoms with Gasteiger partial charge in [-0.05, 0) is 43.4 Å². The van der Waals surface area contributed by atoms with Gasteiger partial charge in [-0.25, -0.2) is 8.42 Å². The molecule has 1 aromatic rings. The van der Waals surface area contributed by atoms with Gasteiger partial charge < -0.3 is 5.32 Å². The minimum Gasteiger partial charge on any atom is -0.353 e. The number of sulfonamides is 1. The maximum absolute atomic E-state index is 12.8. The fraction of sp³-hybridized carbons (Fsp3) is 0.611. The highest BCUT2D eigenvalue weighted by Gasteiger charge is 2.33.